The zero-order valence-corrected chi connectivity index (χ0v) is 7.41. The van der Waals surface area contributed by atoms with Crippen LogP contribution < -0.4 is 0 Å². The highest BCUT2D eigenvalue weighted by Crippen LogP contribution is 2.24. The van der Waals surface area contributed by atoms with E-state index in [1.165, 1.54) is 0 Å². The Morgan fingerprint density at radius 3 is 2.40 bits per heavy atom. The number of hydrogen-bond acceptors (Lipinski definition) is 3. The molecule has 0 atom stereocenters. The molecular weight excluding hydrogens is 217 g/mol. The van der Waals surface area contributed by atoms with Crippen LogP contribution in [-0.4, -0.2) is 21.4 Å². The Balaban J connectivity index is 3.16. The predicted octanol–water partition coefficient (Wildman–Crippen LogP) is 1.68. The molecule has 0 bridgehead atoms. The Kier molecular flexibility index (Phi) is 2.52. The normalized spacial score (nSPS) is 11.5. The van der Waals surface area contributed by atoms with E-state index in [9.17, 15) is 28.1 Å². The summed E-state index contributed by atoms with van der Waals surface area (Å²) >= 11 is 0. The maximum atomic E-state index is 12.0. The van der Waals surface area contributed by atoms with Crippen LogP contribution in [0.1, 0.15) is 10.5 Å². The molecule has 0 fully saturated rings. The molecule has 0 saturated carbocycles. The number of ketones is 1. The van der Waals surface area contributed by atoms with Crippen LogP contribution in [0.15, 0.2) is 12.3 Å². The fourth-order valence-corrected chi connectivity index (χ4v) is 1.02. The minimum absolute atomic E-state index is 0.551. The van der Waals surface area contributed by atoms with E-state index >= 15 is 0 Å². The first-order valence-corrected chi connectivity index (χ1v) is 3.65. The molecule has 0 spiro atoms. The van der Waals surface area contributed by atoms with Crippen LogP contribution >= 0.6 is 0 Å². The van der Waals surface area contributed by atoms with Crippen molar-refractivity contribution in [1.29, 1.82) is 0 Å². The lowest BCUT2D eigenvalue weighted by molar-refractivity contribution is -0.384. The number of Topliss-reactive ketones (excluding diaryl/α,β-unsaturated/α-hetero) is 1. The zero-order valence-electron chi connectivity index (χ0n) is 7.41. The van der Waals surface area contributed by atoms with Gasteiger partial charge in [-0.3, -0.25) is 14.9 Å². The van der Waals surface area contributed by atoms with Crippen LogP contribution in [0.5, 0.6) is 0 Å². The van der Waals surface area contributed by atoms with Crippen molar-refractivity contribution >= 4 is 11.5 Å². The van der Waals surface area contributed by atoms with Crippen LogP contribution in [-0.2, 0) is 7.05 Å². The summed E-state index contributed by atoms with van der Waals surface area (Å²) in [6, 6.07) is 0.593. The van der Waals surface area contributed by atoms with Gasteiger partial charge in [-0.15, -0.1) is 0 Å². The third-order valence-corrected chi connectivity index (χ3v) is 1.69. The van der Waals surface area contributed by atoms with E-state index in [-0.39, 0.29) is 0 Å². The van der Waals surface area contributed by atoms with E-state index in [1.54, 1.807) is 0 Å². The molecule has 0 N–H and O–H groups in total. The molecule has 5 nitrogen and oxygen atoms in total. The minimum atomic E-state index is -5.03. The van der Waals surface area contributed by atoms with E-state index in [4.69, 9.17) is 0 Å². The Morgan fingerprint density at radius 2 is 2.07 bits per heavy atom. The Hall–Kier alpha value is -1.86. The average molecular weight is 222 g/mol. The predicted molar refractivity (Wildman–Crippen MR) is 42.5 cm³/mol. The maximum absolute atomic E-state index is 12.0. The first-order chi connectivity index (χ1) is 6.73. The molecule has 0 aliphatic heterocycles. The van der Waals surface area contributed by atoms with Gasteiger partial charge in [0.1, 0.15) is 5.69 Å². The summed E-state index contributed by atoms with van der Waals surface area (Å²) < 4.78 is 36.7. The number of carbonyl (C=O) groups is 1. The Labute approximate surface area is 81.3 Å². The number of nitro groups is 1. The molecule has 0 aliphatic rings. The van der Waals surface area contributed by atoms with Gasteiger partial charge in [-0.2, -0.15) is 13.2 Å². The average Bonchev–Trinajstić information content (AvgIpc) is 2.44. The smallest absolute Gasteiger partial charge is 0.342 e. The van der Waals surface area contributed by atoms with Gasteiger partial charge >= 0.3 is 6.18 Å². The van der Waals surface area contributed by atoms with E-state index < -0.39 is 28.3 Å². The molecule has 0 amide bonds. The topological polar surface area (TPSA) is 65.1 Å². The van der Waals surface area contributed by atoms with Gasteiger partial charge in [-0.1, -0.05) is 0 Å². The number of aromatic nitrogens is 1. The second-order valence-electron chi connectivity index (χ2n) is 2.78. The second-order valence-corrected chi connectivity index (χ2v) is 2.78. The van der Waals surface area contributed by atoms with Crippen LogP contribution in [0.2, 0.25) is 0 Å². The fraction of sp³-hybridized carbons (Fsp3) is 0.286. The third kappa shape index (κ3) is 2.14. The maximum Gasteiger partial charge on any atom is 0.456 e. The van der Waals surface area contributed by atoms with Gasteiger partial charge in [0.15, 0.2) is 0 Å². The highest BCUT2D eigenvalue weighted by molar-refractivity contribution is 5.99. The third-order valence-electron chi connectivity index (χ3n) is 1.69. The second kappa shape index (κ2) is 3.37. The molecule has 0 aliphatic carbocycles. The number of carbonyl (C=O) groups excluding carboxylic acids is 1. The van der Waals surface area contributed by atoms with Gasteiger partial charge in [0.25, 0.3) is 11.5 Å². The van der Waals surface area contributed by atoms with Crippen molar-refractivity contribution in [2.75, 3.05) is 0 Å². The van der Waals surface area contributed by atoms with Crippen molar-refractivity contribution in [2.24, 2.45) is 7.05 Å². The first kappa shape index (κ1) is 11.2. The van der Waals surface area contributed by atoms with Crippen LogP contribution in [0, 0.1) is 10.1 Å². The molecule has 1 aromatic rings. The first-order valence-electron chi connectivity index (χ1n) is 3.65. The van der Waals surface area contributed by atoms with Crippen LogP contribution in [0.3, 0.4) is 0 Å². The standard InChI is InChI=1S/C7H5F3N2O3/c1-11-3-4(12(14)15)2-5(11)6(13)7(8,9)10/h2-3H,1H3. The van der Waals surface area contributed by atoms with Crippen LogP contribution in [0.25, 0.3) is 0 Å². The van der Waals surface area contributed by atoms with Crippen molar-refractivity contribution in [3.63, 3.8) is 0 Å². The molecule has 0 unspecified atom stereocenters. The summed E-state index contributed by atoms with van der Waals surface area (Å²) in [5, 5.41) is 10.2. The van der Waals surface area contributed by atoms with Gasteiger partial charge < -0.3 is 4.57 Å². The molecule has 0 aromatic carbocycles. The van der Waals surface area contributed by atoms with Crippen molar-refractivity contribution in [3.05, 3.63) is 28.1 Å². The quantitative estimate of drug-likeness (QED) is 0.434. The summed E-state index contributed by atoms with van der Waals surface area (Å²) in [6.45, 7) is 0. The zero-order chi connectivity index (χ0) is 11.8. The van der Waals surface area contributed by atoms with E-state index in [0.29, 0.717) is 6.07 Å². The monoisotopic (exact) mass is 222 g/mol. The van der Waals surface area contributed by atoms with Gasteiger partial charge in [-0.25, -0.2) is 0 Å². The molecule has 8 heteroatoms. The van der Waals surface area contributed by atoms with Crippen LogP contribution in [0.4, 0.5) is 18.9 Å². The van der Waals surface area contributed by atoms with Crippen molar-refractivity contribution in [1.82, 2.24) is 4.57 Å². The number of alkyl halides is 3. The molecular formula is C7H5F3N2O3. The van der Waals surface area contributed by atoms with Crippen molar-refractivity contribution in [2.45, 2.75) is 6.18 Å². The summed E-state index contributed by atoms with van der Waals surface area (Å²) in [5.41, 5.74) is -1.31. The van der Waals surface area contributed by atoms with Crippen molar-refractivity contribution in [3.8, 4) is 0 Å². The lowest BCUT2D eigenvalue weighted by Crippen LogP contribution is -2.24. The fourth-order valence-electron chi connectivity index (χ4n) is 1.02. The molecule has 1 heterocycles. The van der Waals surface area contributed by atoms with Gasteiger partial charge in [0.05, 0.1) is 11.1 Å². The SMILES string of the molecule is Cn1cc([N+](=O)[O-])cc1C(=O)C(F)(F)F. The van der Waals surface area contributed by atoms with Gasteiger partial charge in [0, 0.05) is 13.1 Å². The molecule has 1 rings (SSSR count). The number of aryl methyl sites for hydroxylation is 1. The number of halogens is 3. The summed E-state index contributed by atoms with van der Waals surface area (Å²) in [4.78, 5) is 20.1. The molecule has 1 aromatic heterocycles. The highest BCUT2D eigenvalue weighted by atomic mass is 19.4. The van der Waals surface area contributed by atoms with E-state index in [0.717, 1.165) is 17.8 Å². The molecule has 15 heavy (non-hydrogen) atoms. The summed E-state index contributed by atoms with van der Waals surface area (Å²) in [6.07, 6.45) is -4.18. The highest BCUT2D eigenvalue weighted by Gasteiger charge is 2.41. The van der Waals surface area contributed by atoms with E-state index in [2.05, 4.69) is 0 Å². The summed E-state index contributed by atoms with van der Waals surface area (Å²) in [7, 11) is 1.13. The van der Waals surface area contributed by atoms with Gasteiger partial charge in [0.2, 0.25) is 0 Å². The molecule has 82 valence electrons. The molecule has 0 saturated heterocycles. The Bertz CT molecular complexity index is 422. The number of nitrogens with zero attached hydrogens (tertiary/aromatic N) is 2. The number of rotatable bonds is 2. The summed E-state index contributed by atoms with van der Waals surface area (Å²) in [5.74, 6) is -2.10. The number of hydrogen-bond donors (Lipinski definition) is 0. The Morgan fingerprint density at radius 1 is 1.53 bits per heavy atom. The van der Waals surface area contributed by atoms with Crippen molar-refractivity contribution < 1.29 is 22.9 Å². The van der Waals surface area contributed by atoms with Gasteiger partial charge in [-0.05, 0) is 0 Å². The largest absolute Gasteiger partial charge is 0.456 e. The van der Waals surface area contributed by atoms with E-state index in [1.807, 2.05) is 0 Å². The minimum Gasteiger partial charge on any atom is -0.342 e. The molecule has 0 radical (unpaired) electrons. The lowest BCUT2D eigenvalue weighted by Gasteiger charge is -2.04. The lowest BCUT2D eigenvalue weighted by atomic mass is 10.3.